The highest BCUT2D eigenvalue weighted by Crippen LogP contribution is 2.67. The topological polar surface area (TPSA) is 103 Å². The summed E-state index contributed by atoms with van der Waals surface area (Å²) in [5.41, 5.74) is 0.323. The average molecular weight is 407 g/mol. The summed E-state index contributed by atoms with van der Waals surface area (Å²) in [6.07, 6.45) is 8.38. The largest absolute Gasteiger partial charge is 0.481 e. The lowest BCUT2D eigenvalue weighted by molar-refractivity contribution is -0.159. The molecule has 0 saturated heterocycles. The molecule has 4 fully saturated rings. The van der Waals surface area contributed by atoms with Gasteiger partial charge in [-0.3, -0.25) is 14.4 Å². The molecule has 0 aromatic carbocycles. The molecule has 0 amide bonds. The van der Waals surface area contributed by atoms with Crippen molar-refractivity contribution in [3.05, 3.63) is 0 Å². The Morgan fingerprint density at radius 3 is 2.45 bits per heavy atom. The predicted octanol–water partition coefficient (Wildman–Crippen LogP) is 4.07. The Morgan fingerprint density at radius 1 is 1.07 bits per heavy atom. The molecule has 0 bridgehead atoms. The Bertz CT molecular complexity index is 687. The molecule has 29 heavy (non-hydrogen) atoms. The second-order valence-corrected chi connectivity index (χ2v) is 11.0. The maximum absolute atomic E-state index is 13.3. The molecular formula is C24H38O5. The molecule has 0 radical (unpaired) electrons. The van der Waals surface area contributed by atoms with E-state index in [1.807, 2.05) is 0 Å². The molecular weight excluding hydrogens is 368 g/mol. The van der Waals surface area contributed by atoms with Crippen LogP contribution in [0, 0.1) is 46.3 Å². The van der Waals surface area contributed by atoms with Crippen LogP contribution in [0.2, 0.25) is 0 Å². The number of carbonyl (C=O) groups is 3. The van der Waals surface area contributed by atoms with Gasteiger partial charge in [0.25, 0.3) is 0 Å². The molecule has 4 rings (SSSR count). The van der Waals surface area contributed by atoms with Gasteiger partial charge in [0.15, 0.2) is 0 Å². The lowest BCUT2D eigenvalue weighted by Gasteiger charge is -2.59. The van der Waals surface area contributed by atoms with Crippen molar-refractivity contribution in [1.82, 2.24) is 0 Å². The summed E-state index contributed by atoms with van der Waals surface area (Å²) in [6.45, 7) is 6.99. The molecule has 0 aromatic heterocycles. The standard InChI is InChI=1S/C24H36O4.H2O/c1-14(4-7-21(27)28)17-5-6-18-22-19(9-11-24(17,18)3)23(2)10-8-16(25)12-15(23)13-20(22)26;/h14-15,17-19,22H,4-13H2,1-3H3,(H,27,28);1H2/t14-,15+,17-,18+,19+,22+,23+,24-;/m1./s1. The minimum absolute atomic E-state index is 0. The van der Waals surface area contributed by atoms with Crippen molar-refractivity contribution in [2.24, 2.45) is 46.3 Å². The minimum Gasteiger partial charge on any atom is -0.481 e. The van der Waals surface area contributed by atoms with Crippen molar-refractivity contribution < 1.29 is 25.0 Å². The highest BCUT2D eigenvalue weighted by atomic mass is 16.4. The monoisotopic (exact) mass is 406 g/mol. The molecule has 5 heteroatoms. The SMILES string of the molecule is C[C@H](CCC(=O)O)[C@H]1CC[C@H]2[C@@H]3C(=O)C[C@@H]4CC(=O)CC[C@]4(C)[C@H]3CC[C@]12C.O. The molecule has 4 aliphatic carbocycles. The number of aliphatic carboxylic acids is 1. The van der Waals surface area contributed by atoms with Crippen LogP contribution in [0.4, 0.5) is 0 Å². The number of fused-ring (bicyclic) bond motifs is 5. The number of carboxylic acid groups (broad SMARTS) is 1. The summed E-state index contributed by atoms with van der Waals surface area (Å²) in [5, 5.41) is 9.08. The van der Waals surface area contributed by atoms with Crippen molar-refractivity contribution in [2.45, 2.75) is 85.0 Å². The molecule has 0 aliphatic heterocycles. The van der Waals surface area contributed by atoms with Crippen LogP contribution < -0.4 is 0 Å². The molecule has 0 heterocycles. The van der Waals surface area contributed by atoms with Gasteiger partial charge in [0.05, 0.1) is 0 Å². The predicted molar refractivity (Wildman–Crippen MR) is 110 cm³/mol. The van der Waals surface area contributed by atoms with Gasteiger partial charge < -0.3 is 10.6 Å². The van der Waals surface area contributed by atoms with E-state index in [1.165, 1.54) is 0 Å². The number of carboxylic acids is 1. The van der Waals surface area contributed by atoms with E-state index in [9.17, 15) is 14.4 Å². The fraction of sp³-hybridized carbons (Fsp3) is 0.875. The zero-order valence-corrected chi connectivity index (χ0v) is 18.2. The van der Waals surface area contributed by atoms with E-state index < -0.39 is 5.97 Å². The highest BCUT2D eigenvalue weighted by Gasteiger charge is 2.63. The Kier molecular flexibility index (Phi) is 6.03. The summed E-state index contributed by atoms with van der Waals surface area (Å²) in [6, 6.07) is 0. The third-order valence-electron chi connectivity index (χ3n) is 9.86. The Hall–Kier alpha value is -1.23. The fourth-order valence-electron chi connectivity index (χ4n) is 8.25. The number of ketones is 2. The molecule has 8 atom stereocenters. The first-order valence-electron chi connectivity index (χ1n) is 11.4. The van der Waals surface area contributed by atoms with Crippen LogP contribution in [0.3, 0.4) is 0 Å². The third-order valence-corrected chi connectivity index (χ3v) is 9.86. The first-order chi connectivity index (χ1) is 13.2. The lowest BCUT2D eigenvalue weighted by Crippen LogP contribution is -2.57. The van der Waals surface area contributed by atoms with E-state index in [2.05, 4.69) is 20.8 Å². The highest BCUT2D eigenvalue weighted by molar-refractivity contribution is 5.86. The van der Waals surface area contributed by atoms with E-state index in [1.54, 1.807) is 0 Å². The Labute approximate surface area is 174 Å². The van der Waals surface area contributed by atoms with Crippen LogP contribution in [-0.4, -0.2) is 28.1 Å². The van der Waals surface area contributed by atoms with Crippen LogP contribution in [0.15, 0.2) is 0 Å². The van der Waals surface area contributed by atoms with Gasteiger partial charge in [-0.25, -0.2) is 0 Å². The zero-order valence-electron chi connectivity index (χ0n) is 18.2. The molecule has 4 aliphatic rings. The van der Waals surface area contributed by atoms with Gasteiger partial charge in [-0.1, -0.05) is 20.8 Å². The number of carbonyl (C=O) groups excluding carboxylic acids is 2. The molecule has 0 spiro atoms. The number of rotatable bonds is 4. The van der Waals surface area contributed by atoms with E-state index in [0.717, 1.165) is 38.5 Å². The second-order valence-electron chi connectivity index (χ2n) is 11.0. The Balaban J connectivity index is 0.00000240. The van der Waals surface area contributed by atoms with Crippen molar-refractivity contribution in [1.29, 1.82) is 0 Å². The van der Waals surface area contributed by atoms with E-state index in [4.69, 9.17) is 5.11 Å². The lowest BCUT2D eigenvalue weighted by atomic mass is 9.44. The first kappa shape index (κ1) is 22.5. The summed E-state index contributed by atoms with van der Waals surface area (Å²) in [5.74, 6) is 2.33. The van der Waals surface area contributed by atoms with Crippen molar-refractivity contribution >= 4 is 17.5 Å². The van der Waals surface area contributed by atoms with E-state index >= 15 is 0 Å². The average Bonchev–Trinajstić information content (AvgIpc) is 2.98. The number of Topliss-reactive ketones (excluding diaryl/α,β-unsaturated/α-hetero) is 2. The van der Waals surface area contributed by atoms with Gasteiger partial charge in [-0.05, 0) is 78.9 Å². The van der Waals surface area contributed by atoms with Gasteiger partial charge in [0, 0.05) is 31.6 Å². The van der Waals surface area contributed by atoms with Gasteiger partial charge in [-0.2, -0.15) is 0 Å². The van der Waals surface area contributed by atoms with Crippen LogP contribution in [0.25, 0.3) is 0 Å². The molecule has 5 nitrogen and oxygen atoms in total. The molecule has 3 N–H and O–H groups in total. The van der Waals surface area contributed by atoms with E-state index in [-0.39, 0.29) is 34.6 Å². The summed E-state index contributed by atoms with van der Waals surface area (Å²) >= 11 is 0. The fourth-order valence-corrected chi connectivity index (χ4v) is 8.25. The zero-order chi connectivity index (χ0) is 20.3. The van der Waals surface area contributed by atoms with Crippen LogP contribution in [0.5, 0.6) is 0 Å². The minimum atomic E-state index is -0.705. The molecule has 4 saturated carbocycles. The van der Waals surface area contributed by atoms with Crippen molar-refractivity contribution in [3.8, 4) is 0 Å². The summed E-state index contributed by atoms with van der Waals surface area (Å²) < 4.78 is 0. The Morgan fingerprint density at radius 2 is 1.76 bits per heavy atom. The maximum Gasteiger partial charge on any atom is 0.303 e. The molecule has 164 valence electrons. The normalized spacial score (nSPS) is 44.9. The second kappa shape index (κ2) is 7.79. The number of hydrogen-bond acceptors (Lipinski definition) is 3. The van der Waals surface area contributed by atoms with Gasteiger partial charge in [0.2, 0.25) is 0 Å². The van der Waals surface area contributed by atoms with Crippen LogP contribution in [-0.2, 0) is 14.4 Å². The smallest absolute Gasteiger partial charge is 0.303 e. The van der Waals surface area contributed by atoms with Crippen molar-refractivity contribution in [2.75, 3.05) is 0 Å². The van der Waals surface area contributed by atoms with Crippen molar-refractivity contribution in [3.63, 3.8) is 0 Å². The molecule has 0 unspecified atom stereocenters. The number of hydrogen-bond donors (Lipinski definition) is 1. The van der Waals surface area contributed by atoms with Crippen LogP contribution >= 0.6 is 0 Å². The maximum atomic E-state index is 13.3. The van der Waals surface area contributed by atoms with Gasteiger partial charge in [0.1, 0.15) is 11.6 Å². The van der Waals surface area contributed by atoms with Gasteiger partial charge >= 0.3 is 5.97 Å². The quantitative estimate of drug-likeness (QED) is 0.760. The molecule has 0 aromatic rings. The third kappa shape index (κ3) is 3.47. The summed E-state index contributed by atoms with van der Waals surface area (Å²) in [7, 11) is 0. The van der Waals surface area contributed by atoms with Gasteiger partial charge in [-0.15, -0.1) is 0 Å². The first-order valence-corrected chi connectivity index (χ1v) is 11.4. The van der Waals surface area contributed by atoms with Crippen LogP contribution in [0.1, 0.15) is 85.0 Å². The van der Waals surface area contributed by atoms with E-state index in [0.29, 0.717) is 54.5 Å². The summed E-state index contributed by atoms with van der Waals surface area (Å²) in [4.78, 5) is 36.4.